The number of carbonyl (C=O) groups is 1. The van der Waals surface area contributed by atoms with Gasteiger partial charge in [-0.05, 0) is 34.3 Å². The highest BCUT2D eigenvalue weighted by Gasteiger charge is 2.15. The van der Waals surface area contributed by atoms with E-state index in [-0.39, 0.29) is 11.5 Å². The largest absolute Gasteiger partial charge is 0.485 e. The molecule has 2 rings (SSSR count). The Bertz CT molecular complexity index is 591. The van der Waals surface area contributed by atoms with Gasteiger partial charge in [0.1, 0.15) is 12.4 Å². The third-order valence-electron chi connectivity index (χ3n) is 2.45. The Kier molecular flexibility index (Phi) is 3.72. The molecule has 2 heterocycles. The molecule has 18 heavy (non-hydrogen) atoms. The van der Waals surface area contributed by atoms with Crippen LogP contribution in [0.3, 0.4) is 0 Å². The molecule has 0 fully saturated rings. The number of ether oxygens (including phenoxy) is 1. The van der Waals surface area contributed by atoms with Crippen molar-refractivity contribution < 1.29 is 14.6 Å². The molecular formula is C11H11BrN2O3S. The van der Waals surface area contributed by atoms with E-state index >= 15 is 0 Å². The van der Waals surface area contributed by atoms with E-state index in [4.69, 9.17) is 9.84 Å². The van der Waals surface area contributed by atoms with Crippen LogP contribution in [0.5, 0.6) is 5.75 Å². The number of carboxylic acids is 1. The van der Waals surface area contributed by atoms with Crippen molar-refractivity contribution in [3.8, 4) is 5.75 Å². The highest BCUT2D eigenvalue weighted by molar-refractivity contribution is 9.10. The maximum atomic E-state index is 10.9. The zero-order chi connectivity index (χ0) is 13.3. The minimum atomic E-state index is -0.972. The summed E-state index contributed by atoms with van der Waals surface area (Å²) in [6.07, 6.45) is 0. The fourth-order valence-electron chi connectivity index (χ4n) is 1.55. The summed E-state index contributed by atoms with van der Waals surface area (Å²) in [6, 6.07) is 1.66. The molecule has 7 heteroatoms. The molecule has 0 amide bonds. The number of thiophene rings is 1. The van der Waals surface area contributed by atoms with Crippen LogP contribution in [0.2, 0.25) is 0 Å². The van der Waals surface area contributed by atoms with Gasteiger partial charge in [-0.2, -0.15) is 5.10 Å². The Hall–Kier alpha value is -1.34. The van der Waals surface area contributed by atoms with Crippen LogP contribution in [0, 0.1) is 6.92 Å². The summed E-state index contributed by atoms with van der Waals surface area (Å²) < 4.78 is 8.14. The Morgan fingerprint density at radius 2 is 2.39 bits per heavy atom. The molecule has 0 unspecified atom stereocenters. The van der Waals surface area contributed by atoms with E-state index in [0.29, 0.717) is 5.75 Å². The van der Waals surface area contributed by atoms with Crippen LogP contribution in [-0.2, 0) is 13.7 Å². The van der Waals surface area contributed by atoms with Gasteiger partial charge in [-0.1, -0.05) is 0 Å². The number of halogens is 1. The van der Waals surface area contributed by atoms with Crippen molar-refractivity contribution in [3.05, 3.63) is 32.2 Å². The highest BCUT2D eigenvalue weighted by atomic mass is 79.9. The fraction of sp³-hybridized carbons (Fsp3) is 0.273. The van der Waals surface area contributed by atoms with Crippen molar-refractivity contribution in [3.63, 3.8) is 0 Å². The lowest BCUT2D eigenvalue weighted by molar-refractivity contribution is 0.0697. The Morgan fingerprint density at radius 3 is 2.94 bits per heavy atom. The Morgan fingerprint density at radius 1 is 1.67 bits per heavy atom. The number of nitrogens with zero attached hydrogens (tertiary/aromatic N) is 2. The second-order valence-corrected chi connectivity index (χ2v) is 5.39. The van der Waals surface area contributed by atoms with E-state index in [1.165, 1.54) is 0 Å². The van der Waals surface area contributed by atoms with E-state index < -0.39 is 5.97 Å². The summed E-state index contributed by atoms with van der Waals surface area (Å²) >= 11 is 4.58. The Labute approximate surface area is 116 Å². The number of aryl methyl sites for hydroxylation is 2. The summed E-state index contributed by atoms with van der Waals surface area (Å²) in [4.78, 5) is 11.1. The SMILES string of the molecule is Cc1nn(C)c(COc2ccsc2C(=O)O)c1Br. The number of aromatic carboxylic acids is 1. The van der Waals surface area contributed by atoms with Crippen molar-refractivity contribution in [2.45, 2.75) is 13.5 Å². The van der Waals surface area contributed by atoms with Crippen LogP contribution < -0.4 is 4.74 Å². The molecule has 0 saturated carbocycles. The molecule has 0 saturated heterocycles. The van der Waals surface area contributed by atoms with Crippen LogP contribution in [-0.4, -0.2) is 20.9 Å². The molecule has 2 aromatic rings. The van der Waals surface area contributed by atoms with E-state index in [1.54, 1.807) is 16.1 Å². The standard InChI is InChI=1S/C11H11BrN2O3S/c1-6-9(12)7(14(2)13-6)5-17-8-3-4-18-10(8)11(15)16/h3-4H,5H2,1-2H3,(H,15,16). The number of aromatic nitrogens is 2. The lowest BCUT2D eigenvalue weighted by Gasteiger charge is -2.06. The topological polar surface area (TPSA) is 64.4 Å². The normalized spacial score (nSPS) is 10.6. The Balaban J connectivity index is 2.16. The molecule has 0 aliphatic rings. The molecule has 5 nitrogen and oxygen atoms in total. The van der Waals surface area contributed by atoms with Crippen molar-refractivity contribution in [2.24, 2.45) is 7.05 Å². The van der Waals surface area contributed by atoms with Gasteiger partial charge < -0.3 is 9.84 Å². The molecule has 96 valence electrons. The van der Waals surface area contributed by atoms with Crippen molar-refractivity contribution in [1.29, 1.82) is 0 Å². The first-order valence-electron chi connectivity index (χ1n) is 5.12. The van der Waals surface area contributed by atoms with Gasteiger partial charge in [-0.3, -0.25) is 4.68 Å². The van der Waals surface area contributed by atoms with E-state index in [1.807, 2.05) is 14.0 Å². The zero-order valence-corrected chi connectivity index (χ0v) is 12.2. The van der Waals surface area contributed by atoms with E-state index in [2.05, 4.69) is 21.0 Å². The van der Waals surface area contributed by atoms with Gasteiger partial charge in [-0.15, -0.1) is 11.3 Å². The summed E-state index contributed by atoms with van der Waals surface area (Å²) in [5.41, 5.74) is 1.75. The molecular weight excluding hydrogens is 320 g/mol. The summed E-state index contributed by atoms with van der Waals surface area (Å²) in [5.74, 6) is -0.585. The van der Waals surface area contributed by atoms with Gasteiger partial charge in [0.15, 0.2) is 4.88 Å². The first-order valence-corrected chi connectivity index (χ1v) is 6.79. The van der Waals surface area contributed by atoms with Crippen LogP contribution in [0.25, 0.3) is 0 Å². The van der Waals surface area contributed by atoms with Crippen molar-refractivity contribution in [2.75, 3.05) is 0 Å². The lowest BCUT2D eigenvalue weighted by Crippen LogP contribution is -2.05. The molecule has 0 atom stereocenters. The van der Waals surface area contributed by atoms with E-state index in [9.17, 15) is 4.79 Å². The quantitative estimate of drug-likeness (QED) is 0.936. The number of hydrogen-bond donors (Lipinski definition) is 1. The monoisotopic (exact) mass is 330 g/mol. The van der Waals surface area contributed by atoms with Crippen LogP contribution >= 0.6 is 27.3 Å². The first-order chi connectivity index (χ1) is 8.50. The van der Waals surface area contributed by atoms with Crippen LogP contribution in [0.4, 0.5) is 0 Å². The molecule has 0 spiro atoms. The number of carboxylic acid groups (broad SMARTS) is 1. The summed E-state index contributed by atoms with van der Waals surface area (Å²) in [6.45, 7) is 2.16. The van der Waals surface area contributed by atoms with Gasteiger partial charge in [0, 0.05) is 7.05 Å². The lowest BCUT2D eigenvalue weighted by atomic mass is 10.4. The number of hydrogen-bond acceptors (Lipinski definition) is 4. The second-order valence-electron chi connectivity index (χ2n) is 3.68. The summed E-state index contributed by atoms with van der Waals surface area (Å²) in [7, 11) is 1.82. The van der Waals surface area contributed by atoms with Crippen LogP contribution in [0.1, 0.15) is 21.1 Å². The highest BCUT2D eigenvalue weighted by Crippen LogP contribution is 2.27. The first kappa shape index (κ1) is 13.1. The molecule has 0 radical (unpaired) electrons. The molecule has 1 N–H and O–H groups in total. The second kappa shape index (κ2) is 5.11. The predicted molar refractivity (Wildman–Crippen MR) is 71.3 cm³/mol. The van der Waals surface area contributed by atoms with Crippen molar-refractivity contribution in [1.82, 2.24) is 9.78 Å². The van der Waals surface area contributed by atoms with E-state index in [0.717, 1.165) is 27.2 Å². The summed E-state index contributed by atoms with van der Waals surface area (Å²) in [5, 5.41) is 14.9. The third-order valence-corrected chi connectivity index (χ3v) is 4.36. The predicted octanol–water partition coefficient (Wildman–Crippen LogP) is 2.83. The minimum absolute atomic E-state index is 0.213. The number of rotatable bonds is 4. The average Bonchev–Trinajstić information content (AvgIpc) is 2.84. The molecule has 0 aliphatic heterocycles. The minimum Gasteiger partial charge on any atom is -0.485 e. The fourth-order valence-corrected chi connectivity index (χ4v) is 2.67. The van der Waals surface area contributed by atoms with Gasteiger partial charge in [0.05, 0.1) is 15.9 Å². The maximum absolute atomic E-state index is 10.9. The molecule has 0 aromatic carbocycles. The van der Waals surface area contributed by atoms with Gasteiger partial charge in [0.2, 0.25) is 0 Å². The molecule has 0 aliphatic carbocycles. The van der Waals surface area contributed by atoms with Crippen molar-refractivity contribution >= 4 is 33.2 Å². The maximum Gasteiger partial charge on any atom is 0.349 e. The average molecular weight is 331 g/mol. The zero-order valence-electron chi connectivity index (χ0n) is 9.81. The van der Waals surface area contributed by atoms with Gasteiger partial charge in [-0.25, -0.2) is 4.79 Å². The van der Waals surface area contributed by atoms with Gasteiger partial charge >= 0.3 is 5.97 Å². The molecule has 0 bridgehead atoms. The molecule has 2 aromatic heterocycles. The smallest absolute Gasteiger partial charge is 0.349 e. The van der Waals surface area contributed by atoms with Gasteiger partial charge in [0.25, 0.3) is 0 Å². The van der Waals surface area contributed by atoms with Crippen LogP contribution in [0.15, 0.2) is 15.9 Å². The third kappa shape index (κ3) is 2.41.